The van der Waals surface area contributed by atoms with Gasteiger partial charge in [0, 0.05) is 6.42 Å². The number of carboxylic acids is 1. The Morgan fingerprint density at radius 2 is 1.83 bits per heavy atom. The highest BCUT2D eigenvalue weighted by Crippen LogP contribution is 2.70. The van der Waals surface area contributed by atoms with Crippen LogP contribution in [-0.4, -0.2) is 39.2 Å². The summed E-state index contributed by atoms with van der Waals surface area (Å²) in [5.74, 6) is 1.89. The predicted molar refractivity (Wildman–Crippen MR) is 113 cm³/mol. The van der Waals surface area contributed by atoms with Gasteiger partial charge < -0.3 is 15.3 Å². The van der Waals surface area contributed by atoms with Crippen molar-refractivity contribution in [2.75, 3.05) is 0 Å². The van der Waals surface area contributed by atoms with Crippen molar-refractivity contribution in [1.29, 1.82) is 0 Å². The Kier molecular flexibility index (Phi) is 4.87. The molecule has 6 unspecified atom stereocenters. The van der Waals surface area contributed by atoms with Crippen molar-refractivity contribution in [3.8, 4) is 0 Å². The smallest absolute Gasteiger partial charge is 0.303 e. The van der Waals surface area contributed by atoms with Crippen LogP contribution in [0.1, 0.15) is 78.6 Å². The third-order valence-corrected chi connectivity index (χ3v) is 10.9. The molecule has 6 nitrogen and oxygen atoms in total. The predicted octanol–water partition coefficient (Wildman–Crippen LogP) is 2.89. The van der Waals surface area contributed by atoms with E-state index in [2.05, 4.69) is 31.6 Å². The summed E-state index contributed by atoms with van der Waals surface area (Å²) < 4.78 is 0. The van der Waals surface area contributed by atoms with E-state index in [1.807, 2.05) is 0 Å². The highest BCUT2D eigenvalue weighted by atomic mass is 16.4. The molecule has 170 valence electrons. The SMILES string of the molecule is CC(CCC(=O)O)C1CCC2C3C(C[C@H](O)[C@]12C)[C@@]1(C)CC[C@@H](O)CC1CC31NN1. The topological polar surface area (TPSA) is 122 Å². The molecule has 10 atom stereocenters. The molecule has 0 bridgehead atoms. The number of fused-ring (bicyclic) bond motifs is 6. The number of hydrogen-bond donors (Lipinski definition) is 5. The minimum absolute atomic E-state index is 0.0306. The third kappa shape index (κ3) is 2.86. The highest BCUT2D eigenvalue weighted by molar-refractivity contribution is 5.66. The molecule has 5 aliphatic rings. The fourth-order valence-electron chi connectivity index (χ4n) is 9.13. The first-order chi connectivity index (χ1) is 14.1. The van der Waals surface area contributed by atoms with Gasteiger partial charge in [-0.05, 0) is 97.7 Å². The summed E-state index contributed by atoms with van der Waals surface area (Å²) in [6.45, 7) is 6.94. The average Bonchev–Trinajstić information content (AvgIpc) is 3.35. The maximum atomic E-state index is 11.6. The zero-order valence-electron chi connectivity index (χ0n) is 18.7. The summed E-state index contributed by atoms with van der Waals surface area (Å²) >= 11 is 0. The third-order valence-electron chi connectivity index (χ3n) is 10.9. The molecule has 0 radical (unpaired) electrons. The first-order valence-corrected chi connectivity index (χ1v) is 12.2. The Labute approximate surface area is 180 Å². The number of rotatable bonds is 4. The van der Waals surface area contributed by atoms with Gasteiger partial charge in [-0.3, -0.25) is 4.79 Å². The summed E-state index contributed by atoms with van der Waals surface area (Å²) in [5, 5.41) is 31.1. The number of aliphatic hydroxyl groups excluding tert-OH is 2. The fraction of sp³-hybridized carbons (Fsp3) is 0.958. The second-order valence-corrected chi connectivity index (χ2v) is 12.0. The van der Waals surface area contributed by atoms with E-state index < -0.39 is 5.97 Å². The number of hydrogen-bond acceptors (Lipinski definition) is 5. The van der Waals surface area contributed by atoms with E-state index in [0.29, 0.717) is 41.9 Å². The van der Waals surface area contributed by atoms with Crippen molar-refractivity contribution in [1.82, 2.24) is 10.9 Å². The zero-order valence-corrected chi connectivity index (χ0v) is 18.7. The lowest BCUT2D eigenvalue weighted by atomic mass is 9.42. The van der Waals surface area contributed by atoms with Gasteiger partial charge in [0.25, 0.3) is 0 Å². The summed E-state index contributed by atoms with van der Waals surface area (Å²) in [5.41, 5.74) is 7.12. The molecule has 5 N–H and O–H groups in total. The lowest BCUT2D eigenvalue weighted by Crippen LogP contribution is -2.64. The van der Waals surface area contributed by atoms with Crippen molar-refractivity contribution in [2.45, 2.75) is 96.4 Å². The zero-order chi connectivity index (χ0) is 21.5. The monoisotopic (exact) mass is 420 g/mol. The van der Waals surface area contributed by atoms with Crippen LogP contribution in [0.15, 0.2) is 0 Å². The molecule has 5 fully saturated rings. The van der Waals surface area contributed by atoms with Crippen molar-refractivity contribution in [2.24, 2.45) is 46.3 Å². The normalized spacial score (nSPS) is 52.2. The lowest BCUT2D eigenvalue weighted by molar-refractivity contribution is -0.187. The van der Waals surface area contributed by atoms with Gasteiger partial charge in [0.1, 0.15) is 0 Å². The maximum absolute atomic E-state index is 11.6. The average molecular weight is 421 g/mol. The van der Waals surface area contributed by atoms with Crippen LogP contribution in [0, 0.1) is 46.3 Å². The number of aliphatic carboxylic acids is 1. The van der Waals surface area contributed by atoms with Crippen LogP contribution in [0.25, 0.3) is 0 Å². The molecule has 1 aliphatic heterocycles. The van der Waals surface area contributed by atoms with Gasteiger partial charge in [0.05, 0.1) is 17.9 Å². The Bertz CT molecular complexity index is 711. The van der Waals surface area contributed by atoms with Gasteiger partial charge in [-0.1, -0.05) is 20.8 Å². The molecular weight excluding hydrogens is 380 g/mol. The van der Waals surface area contributed by atoms with E-state index in [9.17, 15) is 15.0 Å². The summed E-state index contributed by atoms with van der Waals surface area (Å²) in [7, 11) is 0. The largest absolute Gasteiger partial charge is 0.481 e. The number of aliphatic hydroxyl groups is 2. The number of hydrazine groups is 1. The summed E-state index contributed by atoms with van der Waals surface area (Å²) in [6.07, 6.45) is 7.37. The van der Waals surface area contributed by atoms with Crippen molar-refractivity contribution >= 4 is 5.97 Å². The molecule has 0 aromatic heterocycles. The minimum atomic E-state index is -0.720. The van der Waals surface area contributed by atoms with Crippen LogP contribution in [0.4, 0.5) is 0 Å². The van der Waals surface area contributed by atoms with E-state index in [1.54, 1.807) is 0 Å². The van der Waals surface area contributed by atoms with Crippen LogP contribution in [-0.2, 0) is 4.79 Å². The quantitative estimate of drug-likeness (QED) is 0.446. The molecule has 0 aromatic carbocycles. The van der Waals surface area contributed by atoms with Crippen LogP contribution in [0.5, 0.6) is 0 Å². The van der Waals surface area contributed by atoms with Crippen LogP contribution in [0.2, 0.25) is 0 Å². The van der Waals surface area contributed by atoms with Gasteiger partial charge >= 0.3 is 5.97 Å². The second-order valence-electron chi connectivity index (χ2n) is 12.0. The Morgan fingerprint density at radius 3 is 2.50 bits per heavy atom. The van der Waals surface area contributed by atoms with Crippen molar-refractivity contribution < 1.29 is 20.1 Å². The Balaban J connectivity index is 1.46. The molecule has 0 aromatic rings. The lowest BCUT2D eigenvalue weighted by Gasteiger charge is -2.64. The Morgan fingerprint density at radius 1 is 1.10 bits per heavy atom. The first-order valence-electron chi connectivity index (χ1n) is 12.2. The van der Waals surface area contributed by atoms with Crippen LogP contribution in [0.3, 0.4) is 0 Å². The molecule has 1 spiro atoms. The van der Waals surface area contributed by atoms with Crippen LogP contribution < -0.4 is 10.9 Å². The molecule has 1 heterocycles. The van der Waals surface area contributed by atoms with E-state index in [0.717, 1.165) is 44.9 Å². The molecule has 4 aliphatic carbocycles. The molecule has 1 saturated heterocycles. The summed E-state index contributed by atoms with van der Waals surface area (Å²) in [4.78, 5) is 11.1. The van der Waals surface area contributed by atoms with E-state index in [4.69, 9.17) is 5.11 Å². The second kappa shape index (κ2) is 6.90. The summed E-state index contributed by atoms with van der Waals surface area (Å²) in [6, 6.07) is 0. The van der Waals surface area contributed by atoms with Gasteiger partial charge in [-0.2, -0.15) is 0 Å². The first kappa shape index (κ1) is 21.2. The molecule has 6 heteroatoms. The molecular formula is C24H40N2O4. The molecule has 30 heavy (non-hydrogen) atoms. The Hall–Kier alpha value is -0.690. The minimum Gasteiger partial charge on any atom is -0.481 e. The standard InChI is InChI=1S/C24H40N2O4/c1-13(4-7-20(29)30)16-5-6-17-21-18(11-19(28)23(16,17)3)22(2)9-8-15(27)10-14(22)12-24(21)25-26-24/h13-19,21,25-28H,4-12H2,1-3H3,(H,29,30)/t13?,14?,15-,16?,17?,18?,19+,21?,22+,23-/m1/s1. The van der Waals surface area contributed by atoms with E-state index >= 15 is 0 Å². The van der Waals surface area contributed by atoms with E-state index in [-0.39, 0.29) is 35.1 Å². The van der Waals surface area contributed by atoms with Crippen molar-refractivity contribution in [3.05, 3.63) is 0 Å². The molecule has 0 amide bonds. The van der Waals surface area contributed by atoms with Gasteiger partial charge in [-0.25, -0.2) is 10.9 Å². The number of nitrogens with one attached hydrogen (secondary N) is 2. The van der Waals surface area contributed by atoms with Gasteiger partial charge in [0.2, 0.25) is 0 Å². The highest BCUT2D eigenvalue weighted by Gasteiger charge is 2.72. The van der Waals surface area contributed by atoms with Gasteiger partial charge in [0.15, 0.2) is 0 Å². The number of carboxylic acid groups (broad SMARTS) is 1. The molecule has 4 saturated carbocycles. The number of carbonyl (C=O) groups is 1. The fourth-order valence-corrected chi connectivity index (χ4v) is 9.13. The van der Waals surface area contributed by atoms with Gasteiger partial charge in [-0.15, -0.1) is 0 Å². The van der Waals surface area contributed by atoms with E-state index in [1.165, 1.54) is 0 Å². The molecule has 5 rings (SSSR count). The van der Waals surface area contributed by atoms with Crippen LogP contribution >= 0.6 is 0 Å². The van der Waals surface area contributed by atoms with Crippen molar-refractivity contribution in [3.63, 3.8) is 0 Å². The maximum Gasteiger partial charge on any atom is 0.303 e.